The lowest BCUT2D eigenvalue weighted by Crippen LogP contribution is -2.14. The molecule has 5 heteroatoms. The van der Waals surface area contributed by atoms with Crippen molar-refractivity contribution in [3.63, 3.8) is 0 Å². The molecular formula is C26H22N2O2S. The van der Waals surface area contributed by atoms with Crippen LogP contribution in [0, 0.1) is 6.92 Å². The first-order valence-electron chi connectivity index (χ1n) is 9.96. The molecule has 4 aromatic rings. The van der Waals surface area contributed by atoms with Crippen molar-refractivity contribution in [2.45, 2.75) is 11.8 Å². The van der Waals surface area contributed by atoms with Gasteiger partial charge in [0.25, 0.3) is 5.91 Å². The van der Waals surface area contributed by atoms with E-state index in [4.69, 9.17) is 0 Å². The summed E-state index contributed by atoms with van der Waals surface area (Å²) in [5, 5.41) is 7.98. The number of hydrogen-bond donors (Lipinski definition) is 2. The van der Waals surface area contributed by atoms with Gasteiger partial charge in [-0.1, -0.05) is 48.5 Å². The number of aryl methyl sites for hydroxylation is 1. The van der Waals surface area contributed by atoms with Gasteiger partial charge in [0.2, 0.25) is 5.91 Å². The summed E-state index contributed by atoms with van der Waals surface area (Å²) < 4.78 is 0. The molecule has 0 aliphatic heterocycles. The normalized spacial score (nSPS) is 10.6. The molecule has 0 saturated carbocycles. The van der Waals surface area contributed by atoms with Crippen LogP contribution in [0.3, 0.4) is 0 Å². The van der Waals surface area contributed by atoms with Gasteiger partial charge in [0, 0.05) is 21.8 Å². The van der Waals surface area contributed by atoms with E-state index < -0.39 is 0 Å². The van der Waals surface area contributed by atoms with Crippen molar-refractivity contribution in [3.05, 3.63) is 102 Å². The van der Waals surface area contributed by atoms with Gasteiger partial charge in [-0.15, -0.1) is 11.8 Å². The minimum atomic E-state index is -0.162. The van der Waals surface area contributed by atoms with Crippen molar-refractivity contribution in [1.82, 2.24) is 0 Å². The number of benzene rings is 4. The van der Waals surface area contributed by atoms with Crippen LogP contribution < -0.4 is 10.6 Å². The summed E-state index contributed by atoms with van der Waals surface area (Å²) in [6.07, 6.45) is 0. The highest BCUT2D eigenvalue weighted by Crippen LogP contribution is 2.23. The third kappa shape index (κ3) is 5.53. The van der Waals surface area contributed by atoms with Crippen LogP contribution in [0.2, 0.25) is 0 Å². The van der Waals surface area contributed by atoms with Crippen molar-refractivity contribution < 1.29 is 9.59 Å². The second-order valence-electron chi connectivity index (χ2n) is 7.25. The second-order valence-corrected chi connectivity index (χ2v) is 8.30. The fraction of sp³-hybridized carbons (Fsp3) is 0.0769. The number of hydrogen-bond acceptors (Lipinski definition) is 3. The van der Waals surface area contributed by atoms with Crippen molar-refractivity contribution in [2.75, 3.05) is 16.4 Å². The Kier molecular flexibility index (Phi) is 6.34. The summed E-state index contributed by atoms with van der Waals surface area (Å²) in [7, 11) is 0. The first kappa shape index (κ1) is 20.7. The lowest BCUT2D eigenvalue weighted by molar-refractivity contribution is -0.113. The van der Waals surface area contributed by atoms with Gasteiger partial charge in [0.1, 0.15) is 0 Å². The molecule has 4 aromatic carbocycles. The molecule has 31 heavy (non-hydrogen) atoms. The maximum absolute atomic E-state index is 12.7. The Morgan fingerprint density at radius 1 is 0.742 bits per heavy atom. The van der Waals surface area contributed by atoms with Crippen LogP contribution in [-0.2, 0) is 4.79 Å². The Morgan fingerprint density at radius 2 is 1.48 bits per heavy atom. The van der Waals surface area contributed by atoms with Crippen molar-refractivity contribution in [1.29, 1.82) is 0 Å². The molecule has 0 spiro atoms. The number of fused-ring (bicyclic) bond motifs is 1. The molecule has 0 aliphatic rings. The van der Waals surface area contributed by atoms with Crippen LogP contribution in [0.1, 0.15) is 15.9 Å². The molecule has 4 nitrogen and oxygen atoms in total. The van der Waals surface area contributed by atoms with Crippen LogP contribution >= 0.6 is 11.8 Å². The molecule has 0 heterocycles. The number of nitrogens with one attached hydrogen (secondary N) is 2. The topological polar surface area (TPSA) is 58.2 Å². The Balaban J connectivity index is 1.37. The second kappa shape index (κ2) is 9.49. The van der Waals surface area contributed by atoms with Gasteiger partial charge < -0.3 is 10.6 Å². The maximum Gasteiger partial charge on any atom is 0.255 e. The molecular weight excluding hydrogens is 404 g/mol. The monoisotopic (exact) mass is 426 g/mol. The lowest BCUT2D eigenvalue weighted by atomic mass is 10.1. The van der Waals surface area contributed by atoms with E-state index in [1.807, 2.05) is 97.9 Å². The van der Waals surface area contributed by atoms with E-state index in [9.17, 15) is 9.59 Å². The van der Waals surface area contributed by atoms with Gasteiger partial charge in [0.05, 0.1) is 5.75 Å². The molecule has 0 aliphatic carbocycles. The number of thioether (sulfide) groups is 1. The Bertz CT molecular complexity index is 1250. The average molecular weight is 427 g/mol. The zero-order valence-electron chi connectivity index (χ0n) is 17.1. The summed E-state index contributed by atoms with van der Waals surface area (Å²) in [6.45, 7) is 1.99. The number of anilines is 2. The molecule has 0 atom stereocenters. The summed E-state index contributed by atoms with van der Waals surface area (Å²) in [5.41, 5.74) is 3.19. The van der Waals surface area contributed by atoms with E-state index in [1.165, 1.54) is 11.8 Å². The van der Waals surface area contributed by atoms with E-state index >= 15 is 0 Å². The van der Waals surface area contributed by atoms with E-state index in [0.717, 1.165) is 26.9 Å². The van der Waals surface area contributed by atoms with Crippen LogP contribution in [0.15, 0.2) is 95.9 Å². The highest BCUT2D eigenvalue weighted by Gasteiger charge is 2.09. The average Bonchev–Trinajstić information content (AvgIpc) is 2.77. The first-order chi connectivity index (χ1) is 15.1. The van der Waals surface area contributed by atoms with Crippen molar-refractivity contribution >= 4 is 45.7 Å². The summed E-state index contributed by atoms with van der Waals surface area (Å²) >= 11 is 1.43. The fourth-order valence-corrected chi connectivity index (χ4v) is 4.02. The van der Waals surface area contributed by atoms with Crippen LogP contribution in [0.4, 0.5) is 11.4 Å². The van der Waals surface area contributed by atoms with Crippen LogP contribution in [-0.4, -0.2) is 17.6 Å². The molecule has 2 N–H and O–H groups in total. The van der Waals surface area contributed by atoms with E-state index in [-0.39, 0.29) is 17.6 Å². The molecule has 0 unspecified atom stereocenters. The first-order valence-corrected chi connectivity index (χ1v) is 10.9. The highest BCUT2D eigenvalue weighted by molar-refractivity contribution is 8.00. The van der Waals surface area contributed by atoms with Crippen LogP contribution in [0.25, 0.3) is 10.8 Å². The summed E-state index contributed by atoms with van der Waals surface area (Å²) in [5.74, 6) is 0.0574. The Morgan fingerprint density at radius 3 is 2.29 bits per heavy atom. The fourth-order valence-electron chi connectivity index (χ4n) is 3.27. The Labute approximate surface area is 185 Å². The van der Waals surface area contributed by atoms with Gasteiger partial charge in [-0.25, -0.2) is 0 Å². The number of carbonyl (C=O) groups is 2. The zero-order chi connectivity index (χ0) is 21.6. The number of amides is 2. The van der Waals surface area contributed by atoms with E-state index in [1.54, 1.807) is 0 Å². The largest absolute Gasteiger partial charge is 0.325 e. The summed E-state index contributed by atoms with van der Waals surface area (Å²) in [4.78, 5) is 25.8. The maximum atomic E-state index is 12.7. The molecule has 2 amide bonds. The quantitative estimate of drug-likeness (QED) is 0.365. The van der Waals surface area contributed by atoms with Gasteiger partial charge in [-0.2, -0.15) is 0 Å². The minimum Gasteiger partial charge on any atom is -0.325 e. The van der Waals surface area contributed by atoms with Crippen molar-refractivity contribution in [3.8, 4) is 0 Å². The smallest absolute Gasteiger partial charge is 0.255 e. The van der Waals surface area contributed by atoms with E-state index in [2.05, 4.69) is 10.6 Å². The van der Waals surface area contributed by atoms with Crippen LogP contribution in [0.5, 0.6) is 0 Å². The summed E-state index contributed by atoms with van der Waals surface area (Å²) in [6, 6.07) is 28.8. The minimum absolute atomic E-state index is 0.0683. The SMILES string of the molecule is Cc1cccc(NC(=O)CSc2cccc(NC(=O)c3ccc4ccccc4c3)c2)c1. The molecule has 0 fully saturated rings. The zero-order valence-corrected chi connectivity index (χ0v) is 17.9. The molecule has 4 rings (SSSR count). The lowest BCUT2D eigenvalue weighted by Gasteiger charge is -2.09. The van der Waals surface area contributed by atoms with Gasteiger partial charge >= 0.3 is 0 Å². The number of carbonyl (C=O) groups excluding carboxylic acids is 2. The number of rotatable bonds is 6. The molecule has 0 bridgehead atoms. The van der Waals surface area contributed by atoms with E-state index in [0.29, 0.717) is 11.3 Å². The van der Waals surface area contributed by atoms with Crippen molar-refractivity contribution in [2.24, 2.45) is 0 Å². The predicted octanol–water partition coefficient (Wildman–Crippen LogP) is 6.13. The highest BCUT2D eigenvalue weighted by atomic mass is 32.2. The molecule has 154 valence electrons. The molecule has 0 radical (unpaired) electrons. The standard InChI is InChI=1S/C26H22N2O2S/c1-18-6-4-9-22(14-18)27-25(29)17-31-24-11-5-10-23(16-24)28-26(30)21-13-12-19-7-2-3-8-20(19)15-21/h2-16H,17H2,1H3,(H,27,29)(H,28,30). The third-order valence-electron chi connectivity index (χ3n) is 4.78. The van der Waals surface area contributed by atoms with Gasteiger partial charge in [-0.05, 0) is 65.7 Å². The third-order valence-corrected chi connectivity index (χ3v) is 5.77. The van der Waals surface area contributed by atoms with Gasteiger partial charge in [-0.3, -0.25) is 9.59 Å². The Hall–Kier alpha value is -3.57. The predicted molar refractivity (Wildman–Crippen MR) is 129 cm³/mol. The molecule has 0 aromatic heterocycles. The van der Waals surface area contributed by atoms with Gasteiger partial charge in [0.15, 0.2) is 0 Å². The molecule has 0 saturated heterocycles.